The molecule has 0 aliphatic carbocycles. The molecule has 0 bridgehead atoms. The van der Waals surface area contributed by atoms with Gasteiger partial charge in [0.15, 0.2) is 0 Å². The third kappa shape index (κ3) is 2.44. The summed E-state index contributed by atoms with van der Waals surface area (Å²) in [6, 6.07) is 4.49. The number of benzene rings is 1. The number of hydrogen-bond donors (Lipinski definition) is 1. The van der Waals surface area contributed by atoms with E-state index in [2.05, 4.69) is 41.2 Å². The molecule has 1 aromatic rings. The minimum absolute atomic E-state index is 0.442. The molecule has 1 aromatic carbocycles. The molecule has 1 nitrogen and oxygen atoms in total. The van der Waals surface area contributed by atoms with Crippen molar-refractivity contribution < 1.29 is 0 Å². The van der Waals surface area contributed by atoms with Gasteiger partial charge in [-0.05, 0) is 48.6 Å². The summed E-state index contributed by atoms with van der Waals surface area (Å²) in [6.07, 6.45) is 2.19. The smallest absolute Gasteiger partial charge is 0.0442 e. The lowest BCUT2D eigenvalue weighted by Crippen LogP contribution is -2.31. The van der Waals surface area contributed by atoms with Gasteiger partial charge >= 0.3 is 0 Å². The number of rotatable bonds is 2. The van der Waals surface area contributed by atoms with Gasteiger partial charge in [-0.3, -0.25) is 0 Å². The van der Waals surface area contributed by atoms with Crippen LogP contribution in [0.4, 0.5) is 0 Å². The van der Waals surface area contributed by atoms with Gasteiger partial charge in [0.05, 0.1) is 0 Å². The minimum atomic E-state index is 0.442. The van der Waals surface area contributed by atoms with Gasteiger partial charge < -0.3 is 5.32 Å². The van der Waals surface area contributed by atoms with Crippen LogP contribution in [0, 0.1) is 5.92 Å². The summed E-state index contributed by atoms with van der Waals surface area (Å²) in [4.78, 5) is 0. The molecule has 0 radical (unpaired) electrons. The van der Waals surface area contributed by atoms with E-state index < -0.39 is 0 Å². The van der Waals surface area contributed by atoms with Gasteiger partial charge in [0.1, 0.15) is 0 Å². The first-order valence-corrected chi connectivity index (χ1v) is 6.97. The molecule has 0 spiro atoms. The Bertz CT molecular complexity index is 390. The second-order valence-corrected chi connectivity index (χ2v) is 6.07. The largest absolute Gasteiger partial charge is 0.310 e. The molecule has 0 aromatic heterocycles. The molecular formula is C13H17BrClN. The molecule has 2 rings (SSSR count). The van der Waals surface area contributed by atoms with Crippen molar-refractivity contribution in [1.29, 1.82) is 0 Å². The van der Waals surface area contributed by atoms with E-state index in [9.17, 15) is 0 Å². The Kier molecular flexibility index (Phi) is 3.93. The molecule has 1 N–H and O–H groups in total. The van der Waals surface area contributed by atoms with E-state index >= 15 is 0 Å². The van der Waals surface area contributed by atoms with Crippen molar-refractivity contribution in [3.8, 4) is 0 Å². The molecule has 3 heteroatoms. The monoisotopic (exact) mass is 301 g/mol. The van der Waals surface area contributed by atoms with Crippen LogP contribution in [0.5, 0.6) is 0 Å². The molecule has 88 valence electrons. The van der Waals surface area contributed by atoms with E-state index in [0.29, 0.717) is 12.0 Å². The van der Waals surface area contributed by atoms with E-state index in [1.54, 1.807) is 0 Å². The highest BCUT2D eigenvalue weighted by Gasteiger charge is 2.24. The summed E-state index contributed by atoms with van der Waals surface area (Å²) < 4.78 is 1.18. The number of halogens is 2. The summed E-state index contributed by atoms with van der Waals surface area (Å²) in [6.45, 7) is 5.55. The summed E-state index contributed by atoms with van der Waals surface area (Å²) in [5.41, 5.74) is 2.69. The fraction of sp³-hybridized carbons (Fsp3) is 0.538. The maximum Gasteiger partial charge on any atom is 0.0442 e. The Morgan fingerprint density at radius 1 is 1.50 bits per heavy atom. The van der Waals surface area contributed by atoms with Gasteiger partial charge in [-0.25, -0.2) is 0 Å². The number of fused-ring (bicyclic) bond motifs is 1. The fourth-order valence-electron chi connectivity index (χ4n) is 2.39. The first-order chi connectivity index (χ1) is 7.59. The summed E-state index contributed by atoms with van der Waals surface area (Å²) in [5.74, 6) is 0.689. The van der Waals surface area contributed by atoms with Gasteiger partial charge in [0.2, 0.25) is 0 Å². The lowest BCUT2D eigenvalue weighted by Gasteiger charge is -2.30. The molecule has 1 aliphatic heterocycles. The normalized spacial score (nSPS) is 19.9. The Hall–Kier alpha value is -0.0500. The average Bonchev–Trinajstić information content (AvgIpc) is 2.23. The average molecular weight is 303 g/mol. The third-order valence-corrected chi connectivity index (χ3v) is 4.11. The van der Waals surface area contributed by atoms with Gasteiger partial charge in [-0.2, -0.15) is 0 Å². The highest BCUT2D eigenvalue weighted by Crippen LogP contribution is 2.37. The predicted molar refractivity (Wildman–Crippen MR) is 73.1 cm³/mol. The molecule has 1 unspecified atom stereocenters. The van der Waals surface area contributed by atoms with E-state index in [4.69, 9.17) is 11.6 Å². The molecular weight excluding hydrogens is 286 g/mol. The number of nitrogens with one attached hydrogen (secondary N) is 1. The van der Waals surface area contributed by atoms with Gasteiger partial charge in [-0.1, -0.05) is 41.4 Å². The van der Waals surface area contributed by atoms with Crippen molar-refractivity contribution in [2.75, 3.05) is 6.54 Å². The van der Waals surface area contributed by atoms with Crippen molar-refractivity contribution in [3.05, 3.63) is 32.8 Å². The quantitative estimate of drug-likeness (QED) is 0.857. The second kappa shape index (κ2) is 5.07. The summed E-state index contributed by atoms with van der Waals surface area (Å²) >= 11 is 9.92. The highest BCUT2D eigenvalue weighted by atomic mass is 79.9. The number of hydrogen-bond acceptors (Lipinski definition) is 1. The van der Waals surface area contributed by atoms with Crippen molar-refractivity contribution in [2.24, 2.45) is 5.92 Å². The van der Waals surface area contributed by atoms with Gasteiger partial charge in [0, 0.05) is 15.5 Å². The van der Waals surface area contributed by atoms with Crippen LogP contribution in [0.3, 0.4) is 0 Å². The minimum Gasteiger partial charge on any atom is -0.310 e. The van der Waals surface area contributed by atoms with Crippen molar-refractivity contribution in [3.63, 3.8) is 0 Å². The van der Waals surface area contributed by atoms with E-state index in [1.807, 2.05) is 6.07 Å². The molecule has 1 heterocycles. The maximum absolute atomic E-state index is 6.27. The summed E-state index contributed by atoms with van der Waals surface area (Å²) in [7, 11) is 0. The lowest BCUT2D eigenvalue weighted by atomic mass is 9.89. The maximum atomic E-state index is 6.27. The molecule has 16 heavy (non-hydrogen) atoms. The Morgan fingerprint density at radius 3 is 2.94 bits per heavy atom. The zero-order valence-corrected chi connectivity index (χ0v) is 12.0. The molecule has 1 aliphatic rings. The van der Waals surface area contributed by atoms with Crippen LogP contribution in [-0.2, 0) is 6.42 Å². The van der Waals surface area contributed by atoms with Gasteiger partial charge in [-0.15, -0.1) is 0 Å². The van der Waals surface area contributed by atoms with Crippen LogP contribution in [0.2, 0.25) is 5.02 Å². The van der Waals surface area contributed by atoms with Crippen LogP contribution in [0.1, 0.15) is 37.4 Å². The summed E-state index contributed by atoms with van der Waals surface area (Å²) in [5, 5.41) is 4.50. The molecule has 0 amide bonds. The zero-order valence-electron chi connectivity index (χ0n) is 9.69. The van der Waals surface area contributed by atoms with E-state index in [-0.39, 0.29) is 0 Å². The molecule has 0 fully saturated rings. The van der Waals surface area contributed by atoms with Gasteiger partial charge in [0.25, 0.3) is 0 Å². The Balaban J connectivity index is 2.40. The molecule has 1 atom stereocenters. The van der Waals surface area contributed by atoms with Crippen LogP contribution in [-0.4, -0.2) is 6.54 Å². The fourth-order valence-corrected chi connectivity index (χ4v) is 3.29. The topological polar surface area (TPSA) is 12.0 Å². The Morgan fingerprint density at radius 2 is 2.25 bits per heavy atom. The van der Waals surface area contributed by atoms with Crippen molar-refractivity contribution in [2.45, 2.75) is 32.7 Å². The van der Waals surface area contributed by atoms with E-state index in [0.717, 1.165) is 24.4 Å². The van der Waals surface area contributed by atoms with Crippen LogP contribution < -0.4 is 5.32 Å². The van der Waals surface area contributed by atoms with Crippen molar-refractivity contribution in [1.82, 2.24) is 5.32 Å². The molecule has 0 saturated carbocycles. The first-order valence-electron chi connectivity index (χ1n) is 5.79. The predicted octanol–water partition coefficient (Wildman–Crippen LogP) is 4.34. The van der Waals surface area contributed by atoms with Crippen LogP contribution >= 0.6 is 27.5 Å². The Labute approximate surface area is 111 Å². The zero-order chi connectivity index (χ0) is 11.7. The lowest BCUT2D eigenvalue weighted by molar-refractivity contribution is 0.413. The third-order valence-electron chi connectivity index (χ3n) is 3.07. The van der Waals surface area contributed by atoms with Crippen LogP contribution in [0.15, 0.2) is 16.6 Å². The van der Waals surface area contributed by atoms with E-state index in [1.165, 1.54) is 15.6 Å². The second-order valence-electron chi connectivity index (χ2n) is 4.81. The standard InChI is InChI=1S/C13H17BrClN/c1-8(2)7-12-13-9(5-6-16-12)11(15)4-3-10(13)14/h3-4,8,12,16H,5-7H2,1-2H3. The molecule has 0 saturated heterocycles. The SMILES string of the molecule is CC(C)CC1NCCc2c(Cl)ccc(Br)c21. The van der Waals surface area contributed by atoms with Crippen molar-refractivity contribution >= 4 is 27.5 Å². The van der Waals surface area contributed by atoms with Crippen LogP contribution in [0.25, 0.3) is 0 Å². The highest BCUT2D eigenvalue weighted by molar-refractivity contribution is 9.10. The first kappa shape index (κ1) is 12.4.